The number of rotatable bonds is 6. The molecule has 0 bridgehead atoms. The van der Waals surface area contributed by atoms with Gasteiger partial charge in [-0.2, -0.15) is 4.98 Å². The SMILES string of the molecule is Cc1cc(C)n2nc(CC(=O)OCC(=O)NCc3ccco3)nc2n1. The van der Waals surface area contributed by atoms with Crippen LogP contribution in [0.1, 0.15) is 23.0 Å². The summed E-state index contributed by atoms with van der Waals surface area (Å²) in [5, 5.41) is 6.80. The second-order valence-corrected chi connectivity index (χ2v) is 5.47. The van der Waals surface area contributed by atoms with Gasteiger partial charge in [-0.3, -0.25) is 9.59 Å². The average molecular weight is 343 g/mol. The van der Waals surface area contributed by atoms with Gasteiger partial charge in [0.15, 0.2) is 12.4 Å². The molecule has 3 heterocycles. The number of fused-ring (bicyclic) bond motifs is 1. The highest BCUT2D eigenvalue weighted by molar-refractivity contribution is 5.80. The zero-order valence-corrected chi connectivity index (χ0v) is 13.9. The maximum Gasteiger partial charge on any atom is 0.314 e. The van der Waals surface area contributed by atoms with Gasteiger partial charge in [0.2, 0.25) is 0 Å². The number of nitrogens with zero attached hydrogens (tertiary/aromatic N) is 4. The number of esters is 1. The lowest BCUT2D eigenvalue weighted by Gasteiger charge is -2.04. The minimum atomic E-state index is -0.585. The zero-order valence-electron chi connectivity index (χ0n) is 13.9. The monoisotopic (exact) mass is 343 g/mol. The number of furan rings is 1. The Morgan fingerprint density at radius 3 is 2.92 bits per heavy atom. The summed E-state index contributed by atoms with van der Waals surface area (Å²) in [6.45, 7) is 3.60. The number of aromatic nitrogens is 4. The van der Waals surface area contributed by atoms with Gasteiger partial charge in [-0.05, 0) is 32.0 Å². The summed E-state index contributed by atoms with van der Waals surface area (Å²) < 4.78 is 11.6. The van der Waals surface area contributed by atoms with Crippen molar-refractivity contribution in [1.29, 1.82) is 0 Å². The van der Waals surface area contributed by atoms with E-state index in [1.165, 1.54) is 6.26 Å². The van der Waals surface area contributed by atoms with Crippen LogP contribution in [0.2, 0.25) is 0 Å². The van der Waals surface area contributed by atoms with Gasteiger partial charge in [0.05, 0.1) is 12.8 Å². The van der Waals surface area contributed by atoms with Crippen LogP contribution < -0.4 is 5.32 Å². The molecule has 0 unspecified atom stereocenters. The summed E-state index contributed by atoms with van der Waals surface area (Å²) in [5.41, 5.74) is 1.69. The number of nitrogens with one attached hydrogen (secondary N) is 1. The second-order valence-electron chi connectivity index (χ2n) is 5.47. The van der Waals surface area contributed by atoms with E-state index in [9.17, 15) is 9.59 Å². The van der Waals surface area contributed by atoms with Crippen molar-refractivity contribution in [2.75, 3.05) is 6.61 Å². The second kappa shape index (κ2) is 7.12. The van der Waals surface area contributed by atoms with Gasteiger partial charge in [0.25, 0.3) is 11.7 Å². The van der Waals surface area contributed by atoms with Crippen LogP contribution in [-0.4, -0.2) is 38.1 Å². The smallest absolute Gasteiger partial charge is 0.314 e. The summed E-state index contributed by atoms with van der Waals surface area (Å²) in [7, 11) is 0. The minimum Gasteiger partial charge on any atom is -0.467 e. The molecule has 0 radical (unpaired) electrons. The summed E-state index contributed by atoms with van der Waals surface area (Å²) in [6, 6.07) is 5.33. The maximum absolute atomic E-state index is 11.8. The number of hydrogen-bond acceptors (Lipinski definition) is 7. The van der Waals surface area contributed by atoms with E-state index in [4.69, 9.17) is 9.15 Å². The Morgan fingerprint density at radius 2 is 2.16 bits per heavy atom. The molecule has 3 aromatic heterocycles. The van der Waals surface area contributed by atoms with E-state index in [-0.39, 0.29) is 19.6 Å². The maximum atomic E-state index is 11.8. The van der Waals surface area contributed by atoms with Gasteiger partial charge in [-0.1, -0.05) is 0 Å². The molecule has 9 nitrogen and oxygen atoms in total. The van der Waals surface area contributed by atoms with Crippen LogP contribution in [0.25, 0.3) is 5.78 Å². The first-order valence-corrected chi connectivity index (χ1v) is 7.66. The Kier molecular flexibility index (Phi) is 4.73. The topological polar surface area (TPSA) is 112 Å². The predicted molar refractivity (Wildman–Crippen MR) is 85.5 cm³/mol. The molecule has 25 heavy (non-hydrogen) atoms. The van der Waals surface area contributed by atoms with Gasteiger partial charge in [0.1, 0.15) is 12.2 Å². The Labute approximate surface area is 143 Å². The van der Waals surface area contributed by atoms with E-state index in [0.29, 0.717) is 17.4 Å². The van der Waals surface area contributed by atoms with Crippen LogP contribution in [0.3, 0.4) is 0 Å². The van der Waals surface area contributed by atoms with Crippen molar-refractivity contribution < 1.29 is 18.7 Å². The molecule has 0 atom stereocenters. The first kappa shape index (κ1) is 16.6. The Bertz CT molecular complexity index is 901. The average Bonchev–Trinajstić information content (AvgIpc) is 3.20. The lowest BCUT2D eigenvalue weighted by molar-refractivity contribution is -0.148. The molecule has 9 heteroatoms. The number of amides is 1. The van der Waals surface area contributed by atoms with Crippen molar-refractivity contribution >= 4 is 17.7 Å². The third-order valence-corrected chi connectivity index (χ3v) is 3.37. The van der Waals surface area contributed by atoms with E-state index in [1.54, 1.807) is 16.6 Å². The van der Waals surface area contributed by atoms with E-state index >= 15 is 0 Å². The minimum absolute atomic E-state index is 0.132. The largest absolute Gasteiger partial charge is 0.467 e. The van der Waals surface area contributed by atoms with Gasteiger partial charge in [-0.25, -0.2) is 9.50 Å². The number of carbonyl (C=O) groups is 2. The van der Waals surface area contributed by atoms with Gasteiger partial charge < -0.3 is 14.5 Å². The van der Waals surface area contributed by atoms with E-state index in [0.717, 1.165) is 11.4 Å². The molecule has 0 saturated heterocycles. The van der Waals surface area contributed by atoms with Crippen LogP contribution in [0.15, 0.2) is 28.9 Å². The van der Waals surface area contributed by atoms with Crippen LogP contribution in [0.4, 0.5) is 0 Å². The third kappa shape index (κ3) is 4.19. The lowest BCUT2D eigenvalue weighted by Crippen LogP contribution is -2.28. The van der Waals surface area contributed by atoms with Gasteiger partial charge in [0, 0.05) is 11.4 Å². The molecule has 0 spiro atoms. The zero-order chi connectivity index (χ0) is 17.8. The molecule has 0 aromatic carbocycles. The van der Waals surface area contributed by atoms with Crippen molar-refractivity contribution in [3.8, 4) is 0 Å². The summed E-state index contributed by atoms with van der Waals surface area (Å²) in [4.78, 5) is 31.9. The van der Waals surface area contributed by atoms with Crippen LogP contribution >= 0.6 is 0 Å². The van der Waals surface area contributed by atoms with Crippen LogP contribution in [0.5, 0.6) is 0 Å². The van der Waals surface area contributed by atoms with Gasteiger partial charge >= 0.3 is 5.97 Å². The Balaban J connectivity index is 1.50. The summed E-state index contributed by atoms with van der Waals surface area (Å²) >= 11 is 0. The fourth-order valence-corrected chi connectivity index (χ4v) is 2.26. The molecule has 0 fully saturated rings. The highest BCUT2D eigenvalue weighted by Gasteiger charge is 2.14. The molecule has 0 aliphatic heterocycles. The molecule has 0 saturated carbocycles. The van der Waals surface area contributed by atoms with E-state index in [1.807, 2.05) is 19.9 Å². The molecule has 1 N–H and O–H groups in total. The Morgan fingerprint density at radius 1 is 1.32 bits per heavy atom. The number of carbonyl (C=O) groups excluding carboxylic acids is 2. The molecule has 3 rings (SSSR count). The quantitative estimate of drug-likeness (QED) is 0.657. The molecular formula is C16H17N5O4. The number of aryl methyl sites for hydroxylation is 2. The molecule has 130 valence electrons. The molecule has 0 aliphatic rings. The predicted octanol–water partition coefficient (Wildman–Crippen LogP) is 0.736. The molecule has 3 aromatic rings. The lowest BCUT2D eigenvalue weighted by atomic mass is 10.4. The summed E-state index contributed by atoms with van der Waals surface area (Å²) in [5.74, 6) is 0.338. The third-order valence-electron chi connectivity index (χ3n) is 3.37. The molecule has 0 aliphatic carbocycles. The standard InChI is InChI=1S/C16H17N5O4/c1-10-6-11(2)21-16(18-10)19-13(20-21)7-15(23)25-9-14(22)17-8-12-4-3-5-24-12/h3-6H,7-9H2,1-2H3,(H,17,22). The Hall–Kier alpha value is -3.23. The highest BCUT2D eigenvalue weighted by atomic mass is 16.5. The molecule has 1 amide bonds. The fourth-order valence-electron chi connectivity index (χ4n) is 2.26. The van der Waals surface area contributed by atoms with Crippen molar-refractivity contribution in [2.45, 2.75) is 26.8 Å². The van der Waals surface area contributed by atoms with Crippen LogP contribution in [-0.2, 0) is 27.3 Å². The van der Waals surface area contributed by atoms with Crippen LogP contribution in [0, 0.1) is 13.8 Å². The van der Waals surface area contributed by atoms with Crippen molar-refractivity contribution in [3.05, 3.63) is 47.4 Å². The fraction of sp³-hybridized carbons (Fsp3) is 0.312. The van der Waals surface area contributed by atoms with Crippen molar-refractivity contribution in [1.82, 2.24) is 24.9 Å². The first-order chi connectivity index (χ1) is 12.0. The van der Waals surface area contributed by atoms with E-state index in [2.05, 4.69) is 20.4 Å². The normalized spacial score (nSPS) is 10.8. The number of hydrogen-bond donors (Lipinski definition) is 1. The van der Waals surface area contributed by atoms with E-state index < -0.39 is 11.9 Å². The van der Waals surface area contributed by atoms with Gasteiger partial charge in [-0.15, -0.1) is 5.10 Å². The highest BCUT2D eigenvalue weighted by Crippen LogP contribution is 2.06. The van der Waals surface area contributed by atoms with Crippen molar-refractivity contribution in [2.24, 2.45) is 0 Å². The van der Waals surface area contributed by atoms with Crippen molar-refractivity contribution in [3.63, 3.8) is 0 Å². The summed E-state index contributed by atoms with van der Waals surface area (Å²) in [6.07, 6.45) is 1.38. The number of ether oxygens (including phenoxy) is 1. The first-order valence-electron chi connectivity index (χ1n) is 7.66. The molecular weight excluding hydrogens is 326 g/mol.